The molecule has 0 bridgehead atoms. The van der Waals surface area contributed by atoms with Gasteiger partial charge in [0.1, 0.15) is 0 Å². The second kappa shape index (κ2) is 9.31. The second-order valence-corrected chi connectivity index (χ2v) is 14.5. The molecule has 0 amide bonds. The van der Waals surface area contributed by atoms with E-state index in [1.165, 1.54) is 0 Å². The van der Waals surface area contributed by atoms with Crippen LogP contribution in [0.2, 0.25) is 0 Å². The van der Waals surface area contributed by atoms with E-state index in [0.717, 1.165) is 55.9 Å². The van der Waals surface area contributed by atoms with E-state index in [2.05, 4.69) is 27.7 Å². The molecule has 1 aromatic carbocycles. The summed E-state index contributed by atoms with van der Waals surface area (Å²) in [7, 11) is -3.58. The van der Waals surface area contributed by atoms with Crippen molar-refractivity contribution in [3.63, 3.8) is 0 Å². The van der Waals surface area contributed by atoms with Gasteiger partial charge in [-0.25, -0.2) is 0 Å². The number of rotatable bonds is 12. The Morgan fingerprint density at radius 1 is 0.792 bits per heavy atom. The van der Waals surface area contributed by atoms with E-state index in [4.69, 9.17) is 3.97 Å². The SMILES string of the molecule is CCCP(CCC)(CCC)(CCC)OS(=O)(=O)Cc1ccccc1. The quantitative estimate of drug-likeness (QED) is 0.445. The number of hydrogen-bond donors (Lipinski definition) is 0. The van der Waals surface area contributed by atoms with E-state index in [0.29, 0.717) is 0 Å². The molecule has 0 spiro atoms. The van der Waals surface area contributed by atoms with Crippen LogP contribution in [0.1, 0.15) is 58.9 Å². The molecule has 1 rings (SSSR count). The molecule has 24 heavy (non-hydrogen) atoms. The van der Waals surface area contributed by atoms with Gasteiger partial charge < -0.3 is 0 Å². The topological polar surface area (TPSA) is 43.4 Å². The summed E-state index contributed by atoms with van der Waals surface area (Å²) in [5.74, 6) is -0.0212. The monoisotopic (exact) mass is 374 g/mol. The summed E-state index contributed by atoms with van der Waals surface area (Å²) < 4.78 is 32.1. The summed E-state index contributed by atoms with van der Waals surface area (Å²) in [6.45, 7) is 5.88. The third-order valence-corrected chi connectivity index (χ3v) is 14.3. The first-order valence-corrected chi connectivity index (χ1v) is 13.8. The molecule has 1 aromatic rings. The van der Waals surface area contributed by atoms with E-state index in [1.807, 2.05) is 30.3 Å². The van der Waals surface area contributed by atoms with Gasteiger partial charge in [0, 0.05) is 0 Å². The summed E-state index contributed by atoms with van der Waals surface area (Å²) in [6.07, 6.45) is 7.64. The van der Waals surface area contributed by atoms with E-state index < -0.39 is 16.9 Å². The third-order valence-electron chi connectivity index (χ3n) is 4.67. The fourth-order valence-corrected chi connectivity index (χ4v) is 14.6. The van der Waals surface area contributed by atoms with Crippen molar-refractivity contribution in [3.8, 4) is 0 Å². The Bertz CT molecular complexity index is 548. The normalized spacial score (nSPS) is 14.2. The zero-order valence-corrected chi connectivity index (χ0v) is 17.5. The summed E-state index contributed by atoms with van der Waals surface area (Å²) in [5, 5.41) is 0. The Morgan fingerprint density at radius 3 is 1.58 bits per heavy atom. The Morgan fingerprint density at radius 2 is 1.21 bits per heavy atom. The minimum absolute atomic E-state index is 0.0212. The standard InChI is InChI=1S/C19H35O3PS/c1-5-14-23(15-6-2,16-7-3,17-8-4)22-24(20,21)18-19-12-10-9-11-13-19/h9-13H,5-8,14-18H2,1-4H3. The fourth-order valence-electron chi connectivity index (χ4n) is 4.21. The molecular weight excluding hydrogens is 339 g/mol. The summed E-state index contributed by atoms with van der Waals surface area (Å²) in [6, 6.07) is 9.37. The van der Waals surface area contributed by atoms with Crippen molar-refractivity contribution in [2.45, 2.75) is 59.1 Å². The van der Waals surface area contributed by atoms with Crippen LogP contribution in [0.5, 0.6) is 0 Å². The van der Waals surface area contributed by atoms with Crippen LogP contribution in [0.15, 0.2) is 30.3 Å². The molecule has 0 aliphatic rings. The first-order valence-electron chi connectivity index (χ1n) is 9.33. The predicted octanol–water partition coefficient (Wildman–Crippen LogP) is 5.64. The van der Waals surface area contributed by atoms with Crippen LogP contribution in [0.25, 0.3) is 0 Å². The van der Waals surface area contributed by atoms with E-state index in [-0.39, 0.29) is 5.75 Å². The van der Waals surface area contributed by atoms with Crippen LogP contribution < -0.4 is 0 Å². The third kappa shape index (κ3) is 5.82. The van der Waals surface area contributed by atoms with Crippen molar-refractivity contribution < 1.29 is 12.4 Å². The summed E-state index contributed by atoms with van der Waals surface area (Å²) >= 11 is 0. The van der Waals surface area contributed by atoms with Gasteiger partial charge in [-0.3, -0.25) is 0 Å². The number of hydrogen-bond acceptors (Lipinski definition) is 3. The van der Waals surface area contributed by atoms with Crippen molar-refractivity contribution in [3.05, 3.63) is 35.9 Å². The molecule has 0 saturated heterocycles. The molecule has 0 radical (unpaired) electrons. The number of benzene rings is 1. The van der Waals surface area contributed by atoms with E-state index >= 15 is 0 Å². The van der Waals surface area contributed by atoms with Crippen LogP contribution in [-0.4, -0.2) is 33.1 Å². The van der Waals surface area contributed by atoms with Gasteiger partial charge in [0.25, 0.3) is 0 Å². The van der Waals surface area contributed by atoms with Crippen molar-refractivity contribution in [1.29, 1.82) is 0 Å². The van der Waals surface area contributed by atoms with Crippen LogP contribution in [-0.2, 0) is 19.8 Å². The van der Waals surface area contributed by atoms with Crippen LogP contribution in [0, 0.1) is 0 Å². The van der Waals surface area contributed by atoms with Crippen molar-refractivity contribution in [2.24, 2.45) is 0 Å². The Labute approximate surface area is 149 Å². The van der Waals surface area contributed by atoms with Gasteiger partial charge in [0.15, 0.2) is 0 Å². The first kappa shape index (κ1) is 21.6. The Balaban J connectivity index is 3.22. The maximum atomic E-state index is 12.9. The van der Waals surface area contributed by atoms with Gasteiger partial charge in [-0.15, -0.1) is 0 Å². The summed E-state index contributed by atoms with van der Waals surface area (Å²) in [5.41, 5.74) is 0.801. The average molecular weight is 375 g/mol. The molecule has 140 valence electrons. The molecule has 0 saturated carbocycles. The zero-order chi connectivity index (χ0) is 18.1. The molecule has 0 unspecified atom stereocenters. The van der Waals surface area contributed by atoms with Gasteiger partial charge in [-0.05, 0) is 0 Å². The summed E-state index contributed by atoms with van der Waals surface area (Å²) in [4.78, 5) is 0. The van der Waals surface area contributed by atoms with Crippen LogP contribution in [0.3, 0.4) is 0 Å². The van der Waals surface area contributed by atoms with E-state index in [1.54, 1.807) is 0 Å². The Kier molecular flexibility index (Phi) is 8.38. The van der Waals surface area contributed by atoms with Gasteiger partial charge in [-0.2, -0.15) is 0 Å². The molecule has 0 aromatic heterocycles. The average Bonchev–Trinajstić information content (AvgIpc) is 2.48. The minimum atomic E-state index is -3.58. The molecule has 0 atom stereocenters. The fraction of sp³-hybridized carbons (Fsp3) is 0.684. The van der Waals surface area contributed by atoms with Gasteiger partial charge in [0.2, 0.25) is 0 Å². The molecule has 0 aliphatic carbocycles. The van der Waals surface area contributed by atoms with Gasteiger partial charge in [0.05, 0.1) is 0 Å². The second-order valence-electron chi connectivity index (χ2n) is 7.01. The van der Waals surface area contributed by atoms with Crippen molar-refractivity contribution >= 4 is 16.9 Å². The van der Waals surface area contributed by atoms with Crippen molar-refractivity contribution in [1.82, 2.24) is 0 Å². The molecule has 0 heterocycles. The molecule has 0 N–H and O–H groups in total. The predicted molar refractivity (Wildman–Crippen MR) is 108 cm³/mol. The molecule has 0 aliphatic heterocycles. The molecule has 5 heteroatoms. The Hall–Kier alpha value is -0.440. The maximum absolute atomic E-state index is 12.9. The van der Waals surface area contributed by atoms with Crippen LogP contribution >= 0.6 is 6.83 Å². The molecule has 0 fully saturated rings. The molecular formula is C19H35O3PS. The first-order chi connectivity index (χ1) is 11.3. The van der Waals surface area contributed by atoms with Crippen LogP contribution in [0.4, 0.5) is 0 Å². The van der Waals surface area contributed by atoms with Gasteiger partial charge in [-0.1, -0.05) is 0 Å². The van der Waals surface area contributed by atoms with Gasteiger partial charge >= 0.3 is 149 Å². The zero-order valence-electron chi connectivity index (χ0n) is 15.8. The van der Waals surface area contributed by atoms with E-state index in [9.17, 15) is 8.42 Å². The van der Waals surface area contributed by atoms with Crippen molar-refractivity contribution in [2.75, 3.05) is 24.6 Å². The molecule has 3 nitrogen and oxygen atoms in total.